The molecular formula is C20H22FN3O2S. The second-order valence-electron chi connectivity index (χ2n) is 6.86. The summed E-state index contributed by atoms with van der Waals surface area (Å²) in [6.45, 7) is 5.50. The zero-order valence-electron chi connectivity index (χ0n) is 15.4. The van der Waals surface area contributed by atoms with Gasteiger partial charge in [0.25, 0.3) is 0 Å². The summed E-state index contributed by atoms with van der Waals surface area (Å²) in [4.78, 5) is 2.14. The largest absolute Gasteiger partial charge is 0.368 e. The van der Waals surface area contributed by atoms with Gasteiger partial charge in [0.15, 0.2) is 0 Å². The molecule has 7 heteroatoms. The molecule has 0 unspecified atom stereocenters. The lowest BCUT2D eigenvalue weighted by atomic mass is 10.0. The molecule has 2 aromatic carbocycles. The molecule has 0 aliphatic carbocycles. The van der Waals surface area contributed by atoms with E-state index >= 15 is 0 Å². The van der Waals surface area contributed by atoms with E-state index in [-0.39, 0.29) is 23.5 Å². The molecule has 0 amide bonds. The summed E-state index contributed by atoms with van der Waals surface area (Å²) in [5.41, 5.74) is 1.60. The Kier molecular flexibility index (Phi) is 5.49. The summed E-state index contributed by atoms with van der Waals surface area (Å²) in [7, 11) is -3.57. The Bertz CT molecular complexity index is 958. The number of anilines is 1. The van der Waals surface area contributed by atoms with Crippen LogP contribution in [-0.2, 0) is 10.0 Å². The highest BCUT2D eigenvalue weighted by Crippen LogP contribution is 2.26. The Morgan fingerprint density at radius 3 is 2.22 bits per heavy atom. The normalized spacial score (nSPS) is 15.7. The first-order valence-corrected chi connectivity index (χ1v) is 10.3. The summed E-state index contributed by atoms with van der Waals surface area (Å²) in [6, 6.07) is 13.4. The van der Waals surface area contributed by atoms with Gasteiger partial charge < -0.3 is 4.90 Å². The third-order valence-corrected chi connectivity index (χ3v) is 6.78. The monoisotopic (exact) mass is 387 g/mol. The highest BCUT2D eigenvalue weighted by Gasteiger charge is 2.29. The first kappa shape index (κ1) is 19.3. The van der Waals surface area contributed by atoms with E-state index in [9.17, 15) is 18.1 Å². The van der Waals surface area contributed by atoms with Gasteiger partial charge >= 0.3 is 0 Å². The number of piperazine rings is 1. The van der Waals surface area contributed by atoms with Crippen molar-refractivity contribution < 1.29 is 12.8 Å². The molecule has 0 saturated carbocycles. The van der Waals surface area contributed by atoms with E-state index in [1.54, 1.807) is 24.3 Å². The summed E-state index contributed by atoms with van der Waals surface area (Å²) in [6.07, 6.45) is 0. The van der Waals surface area contributed by atoms with Crippen LogP contribution in [0, 0.1) is 17.1 Å². The summed E-state index contributed by atoms with van der Waals surface area (Å²) in [5.74, 6) is -0.221. The maximum Gasteiger partial charge on any atom is 0.243 e. The maximum atomic E-state index is 13.8. The molecule has 1 heterocycles. The first-order valence-electron chi connectivity index (χ1n) is 8.88. The van der Waals surface area contributed by atoms with Crippen LogP contribution in [0.15, 0.2) is 47.4 Å². The van der Waals surface area contributed by atoms with Gasteiger partial charge in [-0.2, -0.15) is 9.57 Å². The van der Waals surface area contributed by atoms with Crippen LogP contribution < -0.4 is 4.90 Å². The summed E-state index contributed by atoms with van der Waals surface area (Å²) in [5, 5.41) is 9.20. The van der Waals surface area contributed by atoms with E-state index < -0.39 is 15.8 Å². The summed E-state index contributed by atoms with van der Waals surface area (Å²) >= 11 is 0. The summed E-state index contributed by atoms with van der Waals surface area (Å²) < 4.78 is 41.0. The fourth-order valence-corrected chi connectivity index (χ4v) is 4.65. The Morgan fingerprint density at radius 2 is 1.67 bits per heavy atom. The molecular weight excluding hydrogens is 365 g/mol. The van der Waals surface area contributed by atoms with Gasteiger partial charge in [0.2, 0.25) is 10.0 Å². The zero-order valence-corrected chi connectivity index (χ0v) is 16.2. The van der Waals surface area contributed by atoms with Gasteiger partial charge in [0.1, 0.15) is 17.4 Å². The molecule has 0 spiro atoms. The number of halogens is 1. The Balaban J connectivity index is 1.75. The molecule has 1 aliphatic heterocycles. The number of nitrogens with zero attached hydrogens (tertiary/aromatic N) is 3. The van der Waals surface area contributed by atoms with Crippen molar-refractivity contribution in [1.82, 2.24) is 4.31 Å². The maximum absolute atomic E-state index is 13.8. The molecule has 0 N–H and O–H groups in total. The van der Waals surface area contributed by atoms with Crippen LogP contribution in [0.2, 0.25) is 0 Å². The van der Waals surface area contributed by atoms with Crippen LogP contribution in [0.1, 0.15) is 30.9 Å². The van der Waals surface area contributed by atoms with Crippen molar-refractivity contribution in [2.24, 2.45) is 0 Å². The lowest BCUT2D eigenvalue weighted by molar-refractivity contribution is 0.384. The Hall–Kier alpha value is -2.43. The molecule has 0 bridgehead atoms. The van der Waals surface area contributed by atoms with Gasteiger partial charge in [-0.1, -0.05) is 32.0 Å². The Labute approximate surface area is 159 Å². The van der Waals surface area contributed by atoms with Crippen LogP contribution in [0.25, 0.3) is 0 Å². The van der Waals surface area contributed by atoms with E-state index in [1.165, 1.54) is 10.4 Å². The molecule has 0 radical (unpaired) electrons. The van der Waals surface area contributed by atoms with Gasteiger partial charge in [-0.05, 0) is 35.7 Å². The van der Waals surface area contributed by atoms with Crippen molar-refractivity contribution in [2.75, 3.05) is 31.1 Å². The minimum atomic E-state index is -3.57. The standard InChI is InChI=1S/C20H22FN3O2S/c1-15(2)16-6-8-17(9-7-16)27(25,26)24-12-10-23(11-13-24)20-5-3-4-19(21)18(20)14-22/h3-9,15H,10-13H2,1-2H3. The molecule has 27 heavy (non-hydrogen) atoms. The predicted molar refractivity (Wildman–Crippen MR) is 103 cm³/mol. The molecule has 0 aromatic heterocycles. The second-order valence-corrected chi connectivity index (χ2v) is 8.80. The van der Waals surface area contributed by atoms with E-state index in [2.05, 4.69) is 13.8 Å². The highest BCUT2D eigenvalue weighted by molar-refractivity contribution is 7.89. The van der Waals surface area contributed by atoms with Crippen LogP contribution in [0.4, 0.5) is 10.1 Å². The van der Waals surface area contributed by atoms with Gasteiger partial charge in [0.05, 0.1) is 10.6 Å². The van der Waals surface area contributed by atoms with Crippen molar-refractivity contribution in [3.63, 3.8) is 0 Å². The number of hydrogen-bond donors (Lipinski definition) is 0. The average molecular weight is 387 g/mol. The molecule has 3 rings (SSSR count). The van der Waals surface area contributed by atoms with Gasteiger partial charge in [-0.25, -0.2) is 12.8 Å². The minimum Gasteiger partial charge on any atom is -0.368 e. The molecule has 142 valence electrons. The minimum absolute atomic E-state index is 0.00178. The quantitative estimate of drug-likeness (QED) is 0.807. The fourth-order valence-electron chi connectivity index (χ4n) is 3.23. The lowest BCUT2D eigenvalue weighted by Crippen LogP contribution is -2.48. The topological polar surface area (TPSA) is 64.4 Å². The predicted octanol–water partition coefficient (Wildman–Crippen LogP) is 3.33. The molecule has 1 fully saturated rings. The Morgan fingerprint density at radius 1 is 1.04 bits per heavy atom. The van der Waals surface area contributed by atoms with Crippen molar-refractivity contribution >= 4 is 15.7 Å². The van der Waals surface area contributed by atoms with E-state index in [4.69, 9.17) is 0 Å². The van der Waals surface area contributed by atoms with Crippen molar-refractivity contribution in [2.45, 2.75) is 24.7 Å². The SMILES string of the molecule is CC(C)c1ccc(S(=O)(=O)N2CCN(c3cccc(F)c3C#N)CC2)cc1. The third-order valence-electron chi connectivity index (χ3n) is 4.87. The average Bonchev–Trinajstić information content (AvgIpc) is 2.68. The van der Waals surface area contributed by atoms with Crippen LogP contribution in [-0.4, -0.2) is 38.9 Å². The van der Waals surface area contributed by atoms with Crippen LogP contribution in [0.3, 0.4) is 0 Å². The van der Waals surface area contributed by atoms with E-state index in [0.29, 0.717) is 24.7 Å². The van der Waals surface area contributed by atoms with Crippen molar-refractivity contribution in [3.8, 4) is 6.07 Å². The van der Waals surface area contributed by atoms with Crippen molar-refractivity contribution in [3.05, 3.63) is 59.4 Å². The fraction of sp³-hybridized carbons (Fsp3) is 0.350. The van der Waals surface area contributed by atoms with E-state index in [0.717, 1.165) is 5.56 Å². The third kappa shape index (κ3) is 3.82. The molecule has 5 nitrogen and oxygen atoms in total. The number of hydrogen-bond acceptors (Lipinski definition) is 4. The van der Waals surface area contributed by atoms with Crippen LogP contribution in [0.5, 0.6) is 0 Å². The van der Waals surface area contributed by atoms with Gasteiger partial charge in [0, 0.05) is 26.2 Å². The van der Waals surface area contributed by atoms with Gasteiger partial charge in [-0.15, -0.1) is 0 Å². The van der Waals surface area contributed by atoms with Gasteiger partial charge in [-0.3, -0.25) is 0 Å². The molecule has 1 saturated heterocycles. The van der Waals surface area contributed by atoms with Crippen LogP contribution >= 0.6 is 0 Å². The van der Waals surface area contributed by atoms with Crippen molar-refractivity contribution in [1.29, 1.82) is 5.26 Å². The highest BCUT2D eigenvalue weighted by atomic mass is 32.2. The first-order chi connectivity index (χ1) is 12.8. The number of rotatable bonds is 4. The number of nitriles is 1. The van der Waals surface area contributed by atoms with E-state index in [1.807, 2.05) is 23.1 Å². The smallest absolute Gasteiger partial charge is 0.243 e. The second kappa shape index (κ2) is 7.67. The zero-order chi connectivity index (χ0) is 19.6. The number of benzene rings is 2. The molecule has 1 aliphatic rings. The number of sulfonamides is 1. The molecule has 0 atom stereocenters. The molecule has 2 aromatic rings. The lowest BCUT2D eigenvalue weighted by Gasteiger charge is -2.35.